The number of methoxy groups -OCH3 is 2. The summed E-state index contributed by atoms with van der Waals surface area (Å²) in [6, 6.07) is 10.8. The average molecular weight is 593 g/mol. The summed E-state index contributed by atoms with van der Waals surface area (Å²) in [6.07, 6.45) is 4.73. The van der Waals surface area contributed by atoms with Crippen LogP contribution in [-0.4, -0.2) is 54.7 Å². The number of ether oxygens (including phenoxy) is 6. The number of rotatable bonds is 12. The van der Waals surface area contributed by atoms with Gasteiger partial charge in [-0.15, -0.1) is 0 Å². The number of aryl methyl sites for hydroxylation is 1. The number of unbranched alkanes of at least 4 members (excludes halogenated alkanes) is 1. The van der Waals surface area contributed by atoms with Crippen LogP contribution in [0, 0.1) is 0 Å². The van der Waals surface area contributed by atoms with E-state index in [1.54, 1.807) is 52.3 Å². The lowest BCUT2D eigenvalue weighted by Crippen LogP contribution is -2.27. The van der Waals surface area contributed by atoms with Gasteiger partial charge in [0.05, 0.1) is 31.7 Å². The zero-order chi connectivity index (χ0) is 31.1. The minimum Gasteiger partial charge on any atom is -0.497 e. The molecule has 0 saturated carbocycles. The van der Waals surface area contributed by atoms with Crippen molar-refractivity contribution in [3.05, 3.63) is 70.8 Å². The second-order valence-electron chi connectivity index (χ2n) is 11.2. The van der Waals surface area contributed by atoms with E-state index in [4.69, 9.17) is 33.4 Å². The van der Waals surface area contributed by atoms with Crippen molar-refractivity contribution >= 4 is 17.5 Å². The number of hydrogen-bond acceptors (Lipinski definition) is 9. The van der Waals surface area contributed by atoms with Gasteiger partial charge in [-0.2, -0.15) is 0 Å². The maximum atomic E-state index is 13.6. The third kappa shape index (κ3) is 7.68. The highest BCUT2D eigenvalue weighted by molar-refractivity contribution is 6.02. The number of imidazole rings is 1. The van der Waals surface area contributed by atoms with E-state index in [9.17, 15) is 9.59 Å². The Morgan fingerprint density at radius 2 is 1.81 bits per heavy atom. The van der Waals surface area contributed by atoms with E-state index >= 15 is 0 Å². The molecule has 0 radical (unpaired) electrons. The zero-order valence-corrected chi connectivity index (χ0v) is 25.9. The molecule has 2 heterocycles. The second-order valence-corrected chi connectivity index (χ2v) is 11.2. The molecule has 230 valence electrons. The number of benzene rings is 2. The van der Waals surface area contributed by atoms with E-state index in [1.807, 2.05) is 29.8 Å². The molecule has 43 heavy (non-hydrogen) atoms. The zero-order valence-electron chi connectivity index (χ0n) is 25.9. The van der Waals surface area contributed by atoms with Crippen LogP contribution in [0.25, 0.3) is 5.57 Å². The Kier molecular flexibility index (Phi) is 10.0. The fourth-order valence-corrected chi connectivity index (χ4v) is 4.81. The highest BCUT2D eigenvalue weighted by Crippen LogP contribution is 2.39. The Hall–Kier alpha value is -4.47. The maximum absolute atomic E-state index is 13.6. The van der Waals surface area contributed by atoms with Crippen LogP contribution in [0.1, 0.15) is 63.2 Å². The number of nitrogens with zero attached hydrogens (tertiary/aromatic N) is 2. The second kappa shape index (κ2) is 13.7. The number of carbonyl (C=O) groups is 2. The van der Waals surface area contributed by atoms with Crippen LogP contribution in [0.3, 0.4) is 0 Å². The normalized spacial score (nSPS) is 12.9. The van der Waals surface area contributed by atoms with Crippen molar-refractivity contribution in [3.63, 3.8) is 0 Å². The summed E-state index contributed by atoms with van der Waals surface area (Å²) < 4.78 is 35.4. The highest BCUT2D eigenvalue weighted by Gasteiger charge is 2.27. The number of carbonyl (C=O) groups excluding carboxylic acids is 2. The molecule has 10 heteroatoms. The molecule has 0 saturated heterocycles. The Labute approximate surface area is 252 Å². The Balaban J connectivity index is 1.90. The van der Waals surface area contributed by atoms with Gasteiger partial charge >= 0.3 is 11.9 Å². The molecular weight excluding hydrogens is 552 g/mol. The van der Waals surface area contributed by atoms with Gasteiger partial charge in [0, 0.05) is 37.1 Å². The van der Waals surface area contributed by atoms with E-state index in [0.29, 0.717) is 45.4 Å². The third-order valence-electron chi connectivity index (χ3n) is 6.87. The standard InChI is InChI=1S/C33H40N2O8/c1-8-9-10-29-34-18-25(35(29)5)31(24(32(37)39-7)15-21-11-14-26-28(16-21)42-20-41-26)23-13-12-22(38-6)17-27(23)40-19-30(36)43-33(2,3)4/h11-14,16-18H,8-10,15,19-20H2,1-7H3. The van der Waals surface area contributed by atoms with Gasteiger partial charge in [0.2, 0.25) is 6.79 Å². The molecule has 0 N–H and O–H groups in total. The van der Waals surface area contributed by atoms with Crippen LogP contribution in [0.2, 0.25) is 0 Å². The number of fused-ring (bicyclic) bond motifs is 1. The smallest absolute Gasteiger partial charge is 0.344 e. The van der Waals surface area contributed by atoms with Crippen LogP contribution in [0.4, 0.5) is 0 Å². The average Bonchev–Trinajstić information content (AvgIpc) is 3.59. The lowest BCUT2D eigenvalue weighted by Gasteiger charge is -2.21. The summed E-state index contributed by atoms with van der Waals surface area (Å²) in [5.74, 6) is 1.95. The first-order valence-electron chi connectivity index (χ1n) is 14.3. The molecular formula is C33H40N2O8. The van der Waals surface area contributed by atoms with Gasteiger partial charge in [0.25, 0.3) is 0 Å². The summed E-state index contributed by atoms with van der Waals surface area (Å²) in [6.45, 7) is 7.30. The molecule has 1 aliphatic heterocycles. The molecule has 10 nitrogen and oxygen atoms in total. The van der Waals surface area contributed by atoms with Crippen molar-refractivity contribution in [1.29, 1.82) is 0 Å². The quantitative estimate of drug-likeness (QED) is 0.201. The molecule has 1 aromatic heterocycles. The molecule has 2 aromatic carbocycles. The summed E-state index contributed by atoms with van der Waals surface area (Å²) in [5, 5.41) is 0. The van der Waals surface area contributed by atoms with Crippen molar-refractivity contribution in [2.75, 3.05) is 27.6 Å². The molecule has 0 aliphatic carbocycles. The molecule has 1 aliphatic rings. The van der Waals surface area contributed by atoms with Gasteiger partial charge < -0.3 is 33.0 Å². The fraction of sp³-hybridized carbons (Fsp3) is 0.424. The topological polar surface area (TPSA) is 107 Å². The van der Waals surface area contributed by atoms with E-state index in [2.05, 4.69) is 6.92 Å². The number of esters is 2. The van der Waals surface area contributed by atoms with Gasteiger partial charge in [0.1, 0.15) is 22.9 Å². The summed E-state index contributed by atoms with van der Waals surface area (Å²) in [7, 11) is 4.82. The molecule has 0 unspecified atom stereocenters. The van der Waals surface area contributed by atoms with Crippen molar-refractivity contribution in [2.45, 2.75) is 59.0 Å². The summed E-state index contributed by atoms with van der Waals surface area (Å²) >= 11 is 0. The van der Waals surface area contributed by atoms with Crippen LogP contribution in [0.15, 0.2) is 48.2 Å². The first-order valence-corrected chi connectivity index (χ1v) is 14.3. The first-order chi connectivity index (χ1) is 20.5. The number of aromatic nitrogens is 2. The van der Waals surface area contributed by atoms with Gasteiger partial charge in [0.15, 0.2) is 18.1 Å². The van der Waals surface area contributed by atoms with Crippen molar-refractivity contribution in [2.24, 2.45) is 7.05 Å². The third-order valence-corrected chi connectivity index (χ3v) is 6.87. The first kappa shape index (κ1) is 31.5. The Morgan fingerprint density at radius 1 is 1.05 bits per heavy atom. The molecule has 0 atom stereocenters. The molecule has 3 aromatic rings. The van der Waals surface area contributed by atoms with Crippen molar-refractivity contribution < 1.29 is 38.0 Å². The van der Waals surface area contributed by atoms with Gasteiger partial charge in [-0.3, -0.25) is 0 Å². The van der Waals surface area contributed by atoms with Crippen molar-refractivity contribution in [3.8, 4) is 23.0 Å². The van der Waals surface area contributed by atoms with Gasteiger partial charge in [-0.1, -0.05) is 19.4 Å². The predicted octanol–water partition coefficient (Wildman–Crippen LogP) is 5.44. The maximum Gasteiger partial charge on any atom is 0.344 e. The Bertz CT molecular complexity index is 1500. The van der Waals surface area contributed by atoms with Crippen molar-refractivity contribution in [1.82, 2.24) is 9.55 Å². The van der Waals surface area contributed by atoms with E-state index < -0.39 is 17.5 Å². The Morgan fingerprint density at radius 3 is 2.51 bits per heavy atom. The van der Waals surface area contributed by atoms with E-state index in [0.717, 1.165) is 30.7 Å². The van der Waals surface area contributed by atoms with Crippen LogP contribution in [0.5, 0.6) is 23.0 Å². The van der Waals surface area contributed by atoms with Gasteiger partial charge in [-0.05, 0) is 57.0 Å². The molecule has 0 fully saturated rings. The predicted molar refractivity (Wildman–Crippen MR) is 160 cm³/mol. The molecule has 0 amide bonds. The largest absolute Gasteiger partial charge is 0.497 e. The van der Waals surface area contributed by atoms with Crippen LogP contribution in [-0.2, 0) is 39.0 Å². The molecule has 0 bridgehead atoms. The van der Waals surface area contributed by atoms with Crippen LogP contribution < -0.4 is 18.9 Å². The number of hydrogen-bond donors (Lipinski definition) is 0. The molecule has 4 rings (SSSR count). The fourth-order valence-electron chi connectivity index (χ4n) is 4.81. The van der Waals surface area contributed by atoms with E-state index in [-0.39, 0.29) is 19.8 Å². The molecule has 0 spiro atoms. The monoisotopic (exact) mass is 592 g/mol. The lowest BCUT2D eigenvalue weighted by atomic mass is 9.92. The minimum absolute atomic E-state index is 0.142. The SMILES string of the molecule is CCCCc1ncc(C(=C(Cc2ccc3c(c2)OCO3)C(=O)OC)c2ccc(OC)cc2OCC(=O)OC(C)(C)C)n1C. The van der Waals surface area contributed by atoms with E-state index in [1.165, 1.54) is 7.11 Å². The lowest BCUT2D eigenvalue weighted by molar-refractivity contribution is -0.157. The van der Waals surface area contributed by atoms with Gasteiger partial charge in [-0.25, -0.2) is 14.6 Å². The minimum atomic E-state index is -0.672. The summed E-state index contributed by atoms with van der Waals surface area (Å²) in [5.41, 5.74) is 2.34. The highest BCUT2D eigenvalue weighted by atomic mass is 16.7. The summed E-state index contributed by atoms with van der Waals surface area (Å²) in [4.78, 5) is 30.9. The van der Waals surface area contributed by atoms with Crippen LogP contribution >= 0.6 is 0 Å².